The number of aliphatic carboxylic acids is 1. The number of hydrogen-bond donors (Lipinski definition) is 1. The summed E-state index contributed by atoms with van der Waals surface area (Å²) in [6.45, 7) is 0. The molecular weight excluding hydrogens is 256 g/mol. The summed E-state index contributed by atoms with van der Waals surface area (Å²) in [7, 11) is 0. The fraction of sp³-hybridized carbons (Fsp3) is 0.125. The summed E-state index contributed by atoms with van der Waals surface area (Å²) in [5.41, 5.74) is -0.0140. The molecule has 2 aromatic rings. The maximum atomic E-state index is 12.4. The molecule has 0 radical (unpaired) electrons. The molecule has 1 aliphatic rings. The van der Waals surface area contributed by atoms with Crippen molar-refractivity contribution in [1.82, 2.24) is 0 Å². The van der Waals surface area contributed by atoms with E-state index in [1.165, 1.54) is 0 Å². The first-order valence-electron chi connectivity index (χ1n) is 6.24. The zero-order chi connectivity index (χ0) is 14.2. The Bertz CT molecular complexity index is 678. The van der Waals surface area contributed by atoms with Gasteiger partial charge in [-0.25, -0.2) is 0 Å². The number of hydrogen-bond acceptors (Lipinski definition) is 3. The third-order valence-electron chi connectivity index (χ3n) is 3.58. The third-order valence-corrected chi connectivity index (χ3v) is 3.58. The van der Waals surface area contributed by atoms with E-state index in [4.69, 9.17) is 4.74 Å². The smallest absolute Gasteiger partial charge is 0.327 e. The molecule has 2 aromatic carbocycles. The lowest BCUT2D eigenvalue weighted by Crippen LogP contribution is -2.37. The number of ether oxygens (including phenoxy) is 1. The molecule has 0 bridgehead atoms. The molecule has 3 rings (SSSR count). The Morgan fingerprint density at radius 3 is 2.40 bits per heavy atom. The van der Waals surface area contributed by atoms with Gasteiger partial charge in [0.2, 0.25) is 0 Å². The first-order chi connectivity index (χ1) is 9.64. The zero-order valence-corrected chi connectivity index (χ0v) is 10.6. The minimum Gasteiger partial charge on any atom is -0.481 e. The van der Waals surface area contributed by atoms with Crippen LogP contribution in [0.15, 0.2) is 54.6 Å². The molecule has 4 nitrogen and oxygen atoms in total. The Hall–Kier alpha value is -2.62. The van der Waals surface area contributed by atoms with E-state index in [-0.39, 0.29) is 6.42 Å². The normalized spacial score (nSPS) is 20.3. The fourth-order valence-corrected chi connectivity index (χ4v) is 2.70. The largest absolute Gasteiger partial charge is 0.481 e. The highest BCUT2D eigenvalue weighted by atomic mass is 16.5. The first kappa shape index (κ1) is 12.4. The van der Waals surface area contributed by atoms with Gasteiger partial charge in [-0.2, -0.15) is 0 Å². The molecule has 0 saturated heterocycles. The Balaban J connectivity index is 2.27. The van der Waals surface area contributed by atoms with E-state index in [0.29, 0.717) is 16.9 Å². The number of carboxylic acids is 1. The molecule has 1 heterocycles. The number of carbonyl (C=O) groups excluding carboxylic acids is 1. The third kappa shape index (κ3) is 1.69. The van der Waals surface area contributed by atoms with E-state index in [1.807, 2.05) is 6.07 Å². The van der Waals surface area contributed by atoms with Crippen LogP contribution in [0.3, 0.4) is 0 Å². The van der Waals surface area contributed by atoms with Gasteiger partial charge in [0.1, 0.15) is 11.2 Å². The number of para-hydroxylation sites is 1. The first-order valence-corrected chi connectivity index (χ1v) is 6.24. The van der Waals surface area contributed by atoms with Crippen molar-refractivity contribution in [1.29, 1.82) is 0 Å². The van der Waals surface area contributed by atoms with E-state index >= 15 is 0 Å². The van der Waals surface area contributed by atoms with Gasteiger partial charge >= 0.3 is 11.9 Å². The highest BCUT2D eigenvalue weighted by Crippen LogP contribution is 2.46. The molecule has 0 aromatic heterocycles. The van der Waals surface area contributed by atoms with Crippen LogP contribution < -0.4 is 4.74 Å². The lowest BCUT2D eigenvalue weighted by molar-refractivity contribution is -0.145. The van der Waals surface area contributed by atoms with Crippen molar-refractivity contribution < 1.29 is 19.4 Å². The molecule has 1 unspecified atom stereocenters. The SMILES string of the molecule is O=C(O)CC1(c2ccccc2)C(=O)Oc2ccccc21. The second-order valence-electron chi connectivity index (χ2n) is 4.73. The summed E-state index contributed by atoms with van der Waals surface area (Å²) in [5, 5.41) is 9.24. The van der Waals surface area contributed by atoms with Crippen molar-refractivity contribution in [3.8, 4) is 5.75 Å². The number of carboxylic acid groups (broad SMARTS) is 1. The second-order valence-corrected chi connectivity index (χ2v) is 4.73. The summed E-state index contributed by atoms with van der Waals surface area (Å²) in [6.07, 6.45) is -0.327. The molecule has 1 atom stereocenters. The van der Waals surface area contributed by atoms with E-state index in [9.17, 15) is 14.7 Å². The molecule has 20 heavy (non-hydrogen) atoms. The van der Waals surface area contributed by atoms with Crippen molar-refractivity contribution in [2.45, 2.75) is 11.8 Å². The van der Waals surface area contributed by atoms with Gasteiger partial charge in [0, 0.05) is 5.56 Å². The van der Waals surface area contributed by atoms with Gasteiger partial charge in [0.05, 0.1) is 6.42 Å². The van der Waals surface area contributed by atoms with Gasteiger partial charge in [0.25, 0.3) is 0 Å². The quantitative estimate of drug-likeness (QED) is 0.685. The van der Waals surface area contributed by atoms with Crippen molar-refractivity contribution >= 4 is 11.9 Å². The van der Waals surface area contributed by atoms with Crippen LogP contribution in [0.5, 0.6) is 5.75 Å². The molecule has 0 spiro atoms. The molecule has 4 heteroatoms. The maximum Gasteiger partial charge on any atom is 0.327 e. The van der Waals surface area contributed by atoms with Crippen LogP contribution in [0.2, 0.25) is 0 Å². The average Bonchev–Trinajstić information content (AvgIpc) is 2.73. The van der Waals surface area contributed by atoms with Gasteiger partial charge in [-0.15, -0.1) is 0 Å². The number of carbonyl (C=O) groups is 2. The molecule has 0 amide bonds. The summed E-state index contributed by atoms with van der Waals surface area (Å²) < 4.78 is 5.28. The Morgan fingerprint density at radius 1 is 1.05 bits per heavy atom. The van der Waals surface area contributed by atoms with Crippen LogP contribution in [-0.4, -0.2) is 17.0 Å². The average molecular weight is 268 g/mol. The minimum atomic E-state index is -1.26. The lowest BCUT2D eigenvalue weighted by atomic mass is 9.73. The van der Waals surface area contributed by atoms with Crippen molar-refractivity contribution in [2.75, 3.05) is 0 Å². The number of benzene rings is 2. The summed E-state index contributed by atoms with van der Waals surface area (Å²) in [6, 6.07) is 15.9. The highest BCUT2D eigenvalue weighted by Gasteiger charge is 2.51. The maximum absolute atomic E-state index is 12.4. The molecule has 1 N–H and O–H groups in total. The Kier molecular flexibility index (Phi) is 2.79. The monoisotopic (exact) mass is 268 g/mol. The Labute approximate surface area is 115 Å². The Morgan fingerprint density at radius 2 is 1.70 bits per heavy atom. The minimum absolute atomic E-state index is 0.327. The topological polar surface area (TPSA) is 63.6 Å². The van der Waals surface area contributed by atoms with E-state index in [1.54, 1.807) is 48.5 Å². The molecule has 100 valence electrons. The van der Waals surface area contributed by atoms with E-state index in [0.717, 1.165) is 0 Å². The van der Waals surface area contributed by atoms with Crippen LogP contribution >= 0.6 is 0 Å². The van der Waals surface area contributed by atoms with Gasteiger partial charge < -0.3 is 9.84 Å². The van der Waals surface area contributed by atoms with Crippen molar-refractivity contribution in [3.63, 3.8) is 0 Å². The van der Waals surface area contributed by atoms with Crippen LogP contribution in [0.4, 0.5) is 0 Å². The summed E-state index contributed by atoms with van der Waals surface area (Å²) >= 11 is 0. The predicted octanol–water partition coefficient (Wildman–Crippen LogP) is 2.37. The molecule has 0 saturated carbocycles. The fourth-order valence-electron chi connectivity index (χ4n) is 2.70. The van der Waals surface area contributed by atoms with E-state index in [2.05, 4.69) is 0 Å². The molecule has 0 fully saturated rings. The lowest BCUT2D eigenvalue weighted by Gasteiger charge is -2.24. The zero-order valence-electron chi connectivity index (χ0n) is 10.6. The second kappa shape index (κ2) is 4.49. The summed E-state index contributed by atoms with van der Waals surface area (Å²) in [5.74, 6) is -1.14. The molecule has 1 aliphatic heterocycles. The van der Waals surface area contributed by atoms with Crippen LogP contribution in [-0.2, 0) is 15.0 Å². The van der Waals surface area contributed by atoms with Crippen LogP contribution in [0.25, 0.3) is 0 Å². The van der Waals surface area contributed by atoms with Gasteiger partial charge in [-0.3, -0.25) is 9.59 Å². The van der Waals surface area contributed by atoms with Crippen LogP contribution in [0.1, 0.15) is 17.5 Å². The molecule has 0 aliphatic carbocycles. The highest BCUT2D eigenvalue weighted by molar-refractivity contribution is 5.97. The van der Waals surface area contributed by atoms with Crippen molar-refractivity contribution in [2.24, 2.45) is 0 Å². The van der Waals surface area contributed by atoms with Gasteiger partial charge in [-0.05, 0) is 11.6 Å². The molecular formula is C16H12O4. The number of rotatable bonds is 3. The summed E-state index contributed by atoms with van der Waals surface area (Å²) in [4.78, 5) is 23.7. The van der Waals surface area contributed by atoms with Gasteiger partial charge in [-0.1, -0.05) is 48.5 Å². The standard InChI is InChI=1S/C16H12O4/c17-14(18)10-16(11-6-2-1-3-7-11)12-8-4-5-9-13(12)20-15(16)19/h1-9H,10H2,(H,17,18). The van der Waals surface area contributed by atoms with Crippen molar-refractivity contribution in [3.05, 3.63) is 65.7 Å². The predicted molar refractivity (Wildman–Crippen MR) is 71.6 cm³/mol. The number of esters is 1. The number of fused-ring (bicyclic) bond motifs is 1. The van der Waals surface area contributed by atoms with E-state index < -0.39 is 17.4 Å². The van der Waals surface area contributed by atoms with Gasteiger partial charge in [0.15, 0.2) is 0 Å². The van der Waals surface area contributed by atoms with Crippen LogP contribution in [0, 0.1) is 0 Å².